The SMILES string of the molecule is CC(C)(CNC(=O)c1ccc(=O)n(-c2ccccc2F)n1)C(=O)O. The number of nitrogens with one attached hydrogen (secondary N) is 1. The Bertz CT molecular complexity index is 845. The smallest absolute Gasteiger partial charge is 0.310 e. The Balaban J connectivity index is 2.29. The van der Waals surface area contributed by atoms with Crippen LogP contribution < -0.4 is 10.9 Å². The molecule has 0 saturated carbocycles. The Morgan fingerprint density at radius 1 is 1.25 bits per heavy atom. The van der Waals surface area contributed by atoms with Crippen LogP contribution in [0.25, 0.3) is 5.69 Å². The number of nitrogens with zero attached hydrogens (tertiary/aromatic N) is 2. The number of hydrogen-bond donors (Lipinski definition) is 2. The van der Waals surface area contributed by atoms with Gasteiger partial charge in [0.2, 0.25) is 0 Å². The summed E-state index contributed by atoms with van der Waals surface area (Å²) in [6.07, 6.45) is 0. The number of carboxylic acid groups (broad SMARTS) is 1. The average molecular weight is 333 g/mol. The van der Waals surface area contributed by atoms with E-state index in [1.54, 1.807) is 0 Å². The molecule has 0 spiro atoms. The van der Waals surface area contributed by atoms with Crippen LogP contribution in [0.15, 0.2) is 41.2 Å². The van der Waals surface area contributed by atoms with Crippen LogP contribution in [0.2, 0.25) is 0 Å². The molecule has 2 rings (SSSR count). The number of benzene rings is 1. The summed E-state index contributed by atoms with van der Waals surface area (Å²) in [5.74, 6) is -2.38. The first-order valence-electron chi connectivity index (χ1n) is 7.09. The Kier molecular flexibility index (Phi) is 4.77. The first-order chi connectivity index (χ1) is 11.2. The molecule has 0 aliphatic heterocycles. The normalized spacial score (nSPS) is 11.1. The third-order valence-corrected chi connectivity index (χ3v) is 3.38. The summed E-state index contributed by atoms with van der Waals surface area (Å²) in [6.45, 7) is 2.80. The molecular weight excluding hydrogens is 317 g/mol. The van der Waals surface area contributed by atoms with E-state index in [0.717, 1.165) is 10.7 Å². The number of amides is 1. The van der Waals surface area contributed by atoms with Crippen LogP contribution in [0.4, 0.5) is 4.39 Å². The van der Waals surface area contributed by atoms with Gasteiger partial charge in [0.1, 0.15) is 17.2 Å². The fourth-order valence-corrected chi connectivity index (χ4v) is 1.80. The van der Waals surface area contributed by atoms with Crippen molar-refractivity contribution in [2.75, 3.05) is 6.54 Å². The van der Waals surface area contributed by atoms with Gasteiger partial charge < -0.3 is 10.4 Å². The lowest BCUT2D eigenvalue weighted by Gasteiger charge is -2.19. The molecule has 0 aliphatic carbocycles. The highest BCUT2D eigenvalue weighted by Gasteiger charge is 2.28. The number of halogens is 1. The number of hydrogen-bond acceptors (Lipinski definition) is 4. The van der Waals surface area contributed by atoms with Gasteiger partial charge in [-0.3, -0.25) is 14.4 Å². The largest absolute Gasteiger partial charge is 0.481 e. The highest BCUT2D eigenvalue weighted by molar-refractivity contribution is 5.92. The molecule has 0 unspecified atom stereocenters. The summed E-state index contributed by atoms with van der Waals surface area (Å²) >= 11 is 0. The third kappa shape index (κ3) is 3.65. The molecule has 1 heterocycles. The minimum absolute atomic E-state index is 0.0805. The Hall–Kier alpha value is -3.03. The molecule has 0 saturated heterocycles. The van der Waals surface area contributed by atoms with E-state index < -0.39 is 28.7 Å². The van der Waals surface area contributed by atoms with Gasteiger partial charge in [-0.05, 0) is 32.0 Å². The zero-order chi connectivity index (χ0) is 17.9. The summed E-state index contributed by atoms with van der Waals surface area (Å²) in [5.41, 5.74) is -1.96. The zero-order valence-electron chi connectivity index (χ0n) is 13.1. The maximum absolute atomic E-state index is 13.8. The topological polar surface area (TPSA) is 101 Å². The molecule has 24 heavy (non-hydrogen) atoms. The van der Waals surface area contributed by atoms with Crippen molar-refractivity contribution in [3.63, 3.8) is 0 Å². The van der Waals surface area contributed by atoms with E-state index in [9.17, 15) is 18.8 Å². The van der Waals surface area contributed by atoms with Gasteiger partial charge in [-0.25, -0.2) is 4.39 Å². The lowest BCUT2D eigenvalue weighted by atomic mass is 9.94. The molecule has 0 radical (unpaired) electrons. The fraction of sp³-hybridized carbons (Fsp3) is 0.250. The minimum atomic E-state index is -1.16. The van der Waals surface area contributed by atoms with Gasteiger partial charge >= 0.3 is 5.97 Å². The number of aliphatic carboxylic acids is 1. The first kappa shape index (κ1) is 17.3. The second kappa shape index (κ2) is 6.61. The molecular formula is C16H16FN3O4. The van der Waals surface area contributed by atoms with Gasteiger partial charge in [0, 0.05) is 12.6 Å². The van der Waals surface area contributed by atoms with Gasteiger partial charge in [0.15, 0.2) is 0 Å². The predicted molar refractivity (Wildman–Crippen MR) is 83.5 cm³/mol. The standard InChI is InChI=1S/C16H16FN3O4/c1-16(2,15(23)24)9-18-14(22)11-7-8-13(21)20(19-11)12-6-4-3-5-10(12)17/h3-8H,9H2,1-2H3,(H,18,22)(H,23,24). The maximum Gasteiger partial charge on any atom is 0.310 e. The van der Waals surface area contributed by atoms with Crippen molar-refractivity contribution < 1.29 is 19.1 Å². The molecule has 2 aromatic rings. The van der Waals surface area contributed by atoms with E-state index in [2.05, 4.69) is 10.4 Å². The second-order valence-electron chi connectivity index (χ2n) is 5.79. The molecule has 1 amide bonds. The quantitative estimate of drug-likeness (QED) is 0.856. The van der Waals surface area contributed by atoms with E-state index in [1.807, 2.05) is 0 Å². The molecule has 0 bridgehead atoms. The number of carboxylic acids is 1. The molecule has 0 atom stereocenters. The second-order valence-corrected chi connectivity index (χ2v) is 5.79. The van der Waals surface area contributed by atoms with Crippen LogP contribution in [-0.4, -0.2) is 33.3 Å². The molecule has 0 fully saturated rings. The van der Waals surface area contributed by atoms with E-state index in [0.29, 0.717) is 0 Å². The van der Waals surface area contributed by atoms with Crippen molar-refractivity contribution in [2.24, 2.45) is 5.41 Å². The summed E-state index contributed by atoms with van der Waals surface area (Å²) in [6, 6.07) is 7.83. The highest BCUT2D eigenvalue weighted by Crippen LogP contribution is 2.13. The predicted octanol–water partition coefficient (Wildman–Crippen LogP) is 1.21. The van der Waals surface area contributed by atoms with Crippen LogP contribution >= 0.6 is 0 Å². The Morgan fingerprint density at radius 2 is 1.92 bits per heavy atom. The number of rotatable bonds is 5. The number of carbonyl (C=O) groups is 2. The van der Waals surface area contributed by atoms with Crippen molar-refractivity contribution >= 4 is 11.9 Å². The van der Waals surface area contributed by atoms with Crippen molar-refractivity contribution in [1.82, 2.24) is 15.1 Å². The third-order valence-electron chi connectivity index (χ3n) is 3.38. The summed E-state index contributed by atoms with van der Waals surface area (Å²) in [4.78, 5) is 35.0. The van der Waals surface area contributed by atoms with Gasteiger partial charge in [-0.2, -0.15) is 9.78 Å². The number of para-hydroxylation sites is 1. The summed E-state index contributed by atoms with van der Waals surface area (Å²) < 4.78 is 14.6. The molecule has 7 nitrogen and oxygen atoms in total. The molecule has 8 heteroatoms. The molecule has 126 valence electrons. The Morgan fingerprint density at radius 3 is 2.54 bits per heavy atom. The number of carbonyl (C=O) groups excluding carboxylic acids is 1. The van der Waals surface area contributed by atoms with Gasteiger partial charge in [0.05, 0.1) is 5.41 Å². The lowest BCUT2D eigenvalue weighted by molar-refractivity contribution is -0.146. The molecule has 1 aromatic heterocycles. The van der Waals surface area contributed by atoms with E-state index in [1.165, 1.54) is 44.2 Å². The molecule has 0 aliphatic rings. The fourth-order valence-electron chi connectivity index (χ4n) is 1.80. The van der Waals surface area contributed by atoms with E-state index >= 15 is 0 Å². The van der Waals surface area contributed by atoms with Gasteiger partial charge in [-0.1, -0.05) is 12.1 Å². The van der Waals surface area contributed by atoms with Gasteiger partial charge in [-0.15, -0.1) is 0 Å². The molecule has 1 aromatic carbocycles. The monoisotopic (exact) mass is 333 g/mol. The minimum Gasteiger partial charge on any atom is -0.481 e. The van der Waals surface area contributed by atoms with Crippen LogP contribution in [0.1, 0.15) is 24.3 Å². The summed E-state index contributed by atoms with van der Waals surface area (Å²) in [7, 11) is 0. The first-order valence-corrected chi connectivity index (χ1v) is 7.09. The van der Waals surface area contributed by atoms with Crippen LogP contribution in [-0.2, 0) is 4.79 Å². The van der Waals surface area contributed by atoms with E-state index in [4.69, 9.17) is 5.11 Å². The van der Waals surface area contributed by atoms with Crippen LogP contribution in [0.5, 0.6) is 0 Å². The Labute approximate surface area is 136 Å². The van der Waals surface area contributed by atoms with Crippen molar-refractivity contribution in [3.05, 3.63) is 58.3 Å². The van der Waals surface area contributed by atoms with Crippen molar-refractivity contribution in [1.29, 1.82) is 0 Å². The molecule has 2 N–H and O–H groups in total. The van der Waals surface area contributed by atoms with Gasteiger partial charge in [0.25, 0.3) is 11.5 Å². The van der Waals surface area contributed by atoms with Crippen molar-refractivity contribution in [2.45, 2.75) is 13.8 Å². The number of aromatic nitrogens is 2. The zero-order valence-corrected chi connectivity index (χ0v) is 13.1. The lowest BCUT2D eigenvalue weighted by Crippen LogP contribution is -2.39. The van der Waals surface area contributed by atoms with Crippen LogP contribution in [0, 0.1) is 11.2 Å². The maximum atomic E-state index is 13.8. The highest BCUT2D eigenvalue weighted by atomic mass is 19.1. The average Bonchev–Trinajstić information content (AvgIpc) is 2.54. The van der Waals surface area contributed by atoms with E-state index in [-0.39, 0.29) is 17.9 Å². The summed E-state index contributed by atoms with van der Waals surface area (Å²) in [5, 5.41) is 15.3. The van der Waals surface area contributed by atoms with Crippen molar-refractivity contribution in [3.8, 4) is 5.69 Å². The van der Waals surface area contributed by atoms with Crippen LogP contribution in [0.3, 0.4) is 0 Å².